The zero-order valence-corrected chi connectivity index (χ0v) is 20.4. The van der Waals surface area contributed by atoms with Crippen molar-refractivity contribution in [3.63, 3.8) is 0 Å². The van der Waals surface area contributed by atoms with E-state index in [1.165, 1.54) is 17.7 Å². The minimum Gasteiger partial charge on any atom is -0.339 e. The molecule has 1 saturated heterocycles. The van der Waals surface area contributed by atoms with Crippen molar-refractivity contribution in [3.8, 4) is 0 Å². The molecule has 0 atom stereocenters. The molecule has 1 amide bonds. The first kappa shape index (κ1) is 23.5. The molecular weight excluding hydrogens is 463 g/mol. The third-order valence-electron chi connectivity index (χ3n) is 6.75. The van der Waals surface area contributed by atoms with Gasteiger partial charge in [0, 0.05) is 44.4 Å². The van der Waals surface area contributed by atoms with Crippen LogP contribution >= 0.6 is 0 Å². The second-order valence-electron chi connectivity index (χ2n) is 9.18. The van der Waals surface area contributed by atoms with E-state index in [1.807, 2.05) is 41.8 Å². The highest BCUT2D eigenvalue weighted by molar-refractivity contribution is 5.96. The molecule has 0 aliphatic carbocycles. The molecule has 1 N–H and O–H groups in total. The fourth-order valence-electron chi connectivity index (χ4n) is 4.66. The Balaban J connectivity index is 1.49. The highest BCUT2D eigenvalue weighted by Crippen LogP contribution is 2.24. The van der Waals surface area contributed by atoms with Crippen LogP contribution in [0.25, 0.3) is 11.2 Å². The first-order chi connectivity index (χ1) is 17.2. The second kappa shape index (κ2) is 9.10. The molecule has 10 heteroatoms. The normalized spacial score (nSPS) is 14.0. The summed E-state index contributed by atoms with van der Waals surface area (Å²) in [5, 5.41) is 0. The Morgan fingerprint density at radius 2 is 1.78 bits per heavy atom. The van der Waals surface area contributed by atoms with Crippen molar-refractivity contribution in [1.29, 1.82) is 0 Å². The maximum atomic E-state index is 14.5. The van der Waals surface area contributed by atoms with Gasteiger partial charge in [-0.2, -0.15) is 4.98 Å². The number of anilines is 1. The number of halogens is 1. The summed E-state index contributed by atoms with van der Waals surface area (Å²) in [6, 6.07) is 12.2. The Kier molecular flexibility index (Phi) is 5.95. The average Bonchev–Trinajstić information content (AvgIpc) is 3.25. The van der Waals surface area contributed by atoms with E-state index in [4.69, 9.17) is 0 Å². The van der Waals surface area contributed by atoms with Crippen LogP contribution in [0.2, 0.25) is 0 Å². The van der Waals surface area contributed by atoms with Crippen molar-refractivity contribution >= 4 is 23.0 Å². The number of rotatable bonds is 4. The molecule has 0 unspecified atom stereocenters. The molecule has 36 heavy (non-hydrogen) atoms. The largest absolute Gasteiger partial charge is 0.339 e. The molecule has 0 bridgehead atoms. The van der Waals surface area contributed by atoms with E-state index in [0.717, 1.165) is 11.1 Å². The third kappa shape index (κ3) is 4.08. The lowest BCUT2D eigenvalue weighted by atomic mass is 10.0. The van der Waals surface area contributed by atoms with Gasteiger partial charge in [0.05, 0.1) is 6.54 Å². The van der Waals surface area contributed by atoms with E-state index in [2.05, 4.69) is 9.97 Å². The van der Waals surface area contributed by atoms with E-state index < -0.39 is 17.1 Å². The number of carbonyl (C=O) groups is 1. The van der Waals surface area contributed by atoms with Crippen molar-refractivity contribution in [1.82, 2.24) is 24.0 Å². The van der Waals surface area contributed by atoms with Crippen molar-refractivity contribution in [2.45, 2.75) is 20.4 Å². The molecule has 5 rings (SSSR count). The van der Waals surface area contributed by atoms with Gasteiger partial charge in [0.25, 0.3) is 11.5 Å². The van der Waals surface area contributed by atoms with Crippen LogP contribution in [0.5, 0.6) is 0 Å². The lowest BCUT2D eigenvalue weighted by Crippen LogP contribution is -2.49. The molecule has 0 spiro atoms. The maximum Gasteiger partial charge on any atom is 0.329 e. The van der Waals surface area contributed by atoms with Crippen LogP contribution in [-0.2, 0) is 13.6 Å². The van der Waals surface area contributed by atoms with Gasteiger partial charge in [-0.05, 0) is 31.5 Å². The van der Waals surface area contributed by atoms with Crippen LogP contribution in [0.3, 0.4) is 0 Å². The SMILES string of the molecule is Cc1ccc(C)c(C(=O)N2CCN(c3nc4c(c(=O)[nH]c(=O)n4C)n3Cc3ccccc3F)CC2)c1. The number of aryl methyl sites for hydroxylation is 3. The Bertz CT molecular complexity index is 1590. The van der Waals surface area contributed by atoms with Gasteiger partial charge in [0.1, 0.15) is 5.82 Å². The summed E-state index contributed by atoms with van der Waals surface area (Å²) >= 11 is 0. The first-order valence-corrected chi connectivity index (χ1v) is 11.8. The number of amides is 1. The Morgan fingerprint density at radius 1 is 1.06 bits per heavy atom. The van der Waals surface area contributed by atoms with E-state index in [1.54, 1.807) is 22.8 Å². The molecule has 2 aromatic heterocycles. The highest BCUT2D eigenvalue weighted by Gasteiger charge is 2.28. The van der Waals surface area contributed by atoms with Gasteiger partial charge in [0.2, 0.25) is 5.95 Å². The number of carbonyl (C=O) groups excluding carboxylic acids is 1. The molecule has 2 aromatic carbocycles. The molecule has 4 aromatic rings. The zero-order valence-electron chi connectivity index (χ0n) is 20.4. The third-order valence-corrected chi connectivity index (χ3v) is 6.75. The van der Waals surface area contributed by atoms with Gasteiger partial charge < -0.3 is 9.80 Å². The summed E-state index contributed by atoms with van der Waals surface area (Å²) in [7, 11) is 1.53. The average molecular weight is 491 g/mol. The van der Waals surface area contributed by atoms with Crippen LogP contribution in [0.1, 0.15) is 27.0 Å². The Hall–Kier alpha value is -4.21. The minimum absolute atomic E-state index is 0.0189. The van der Waals surface area contributed by atoms with Crippen LogP contribution in [-0.4, -0.2) is 56.1 Å². The van der Waals surface area contributed by atoms with Gasteiger partial charge in [-0.15, -0.1) is 0 Å². The van der Waals surface area contributed by atoms with Gasteiger partial charge in [0.15, 0.2) is 11.2 Å². The van der Waals surface area contributed by atoms with E-state index in [9.17, 15) is 18.8 Å². The van der Waals surface area contributed by atoms with Gasteiger partial charge in [-0.1, -0.05) is 35.9 Å². The number of hydrogen-bond donors (Lipinski definition) is 1. The number of imidazole rings is 1. The molecule has 0 saturated carbocycles. The lowest BCUT2D eigenvalue weighted by molar-refractivity contribution is 0.0745. The summed E-state index contributed by atoms with van der Waals surface area (Å²) in [6.45, 7) is 5.83. The van der Waals surface area contributed by atoms with E-state index in [0.29, 0.717) is 43.3 Å². The topological polar surface area (TPSA) is 96.2 Å². The zero-order chi connectivity index (χ0) is 25.6. The highest BCUT2D eigenvalue weighted by atomic mass is 19.1. The molecule has 1 fully saturated rings. The quantitative estimate of drug-likeness (QED) is 0.473. The van der Waals surface area contributed by atoms with Crippen LogP contribution in [0.15, 0.2) is 52.1 Å². The second-order valence-corrected chi connectivity index (χ2v) is 9.18. The number of hydrogen-bond acceptors (Lipinski definition) is 5. The maximum absolute atomic E-state index is 14.5. The van der Waals surface area contributed by atoms with Crippen LogP contribution in [0.4, 0.5) is 10.3 Å². The summed E-state index contributed by atoms with van der Waals surface area (Å²) in [5.41, 5.74) is 2.32. The van der Waals surface area contributed by atoms with Crippen molar-refractivity contribution in [2.24, 2.45) is 7.05 Å². The van der Waals surface area contributed by atoms with Crippen molar-refractivity contribution in [3.05, 3.63) is 91.4 Å². The monoisotopic (exact) mass is 490 g/mol. The fourth-order valence-corrected chi connectivity index (χ4v) is 4.66. The summed E-state index contributed by atoms with van der Waals surface area (Å²) < 4.78 is 17.5. The number of benzene rings is 2. The Labute approximate surface area is 206 Å². The minimum atomic E-state index is -0.577. The van der Waals surface area contributed by atoms with Gasteiger partial charge in [-0.25, -0.2) is 9.18 Å². The number of fused-ring (bicyclic) bond motifs is 1. The van der Waals surface area contributed by atoms with E-state index in [-0.39, 0.29) is 23.6 Å². The fraction of sp³-hybridized carbons (Fsp3) is 0.308. The number of piperazine rings is 1. The number of aromatic amines is 1. The lowest BCUT2D eigenvalue weighted by Gasteiger charge is -2.35. The predicted molar refractivity (Wildman–Crippen MR) is 135 cm³/mol. The molecule has 0 radical (unpaired) electrons. The molecule has 1 aliphatic heterocycles. The number of H-pyrrole nitrogens is 1. The standard InChI is InChI=1S/C26H27FN6O3/c1-16-8-9-17(2)19(14-16)24(35)31-10-12-32(13-11-31)25-28-22-21(23(34)29-26(36)30(22)3)33(25)15-18-6-4-5-7-20(18)27/h4-9,14H,10-13,15H2,1-3H3,(H,29,34,36). The summed E-state index contributed by atoms with van der Waals surface area (Å²) in [4.78, 5) is 48.9. The molecule has 186 valence electrons. The molecule has 1 aliphatic rings. The van der Waals surface area contributed by atoms with Crippen molar-refractivity contribution < 1.29 is 9.18 Å². The first-order valence-electron chi connectivity index (χ1n) is 11.8. The van der Waals surface area contributed by atoms with Crippen molar-refractivity contribution in [2.75, 3.05) is 31.1 Å². The number of nitrogens with one attached hydrogen (secondary N) is 1. The molecule has 3 heterocycles. The Morgan fingerprint density at radius 3 is 2.50 bits per heavy atom. The molecular formula is C26H27FN6O3. The molecule has 9 nitrogen and oxygen atoms in total. The number of aromatic nitrogens is 4. The van der Waals surface area contributed by atoms with Crippen LogP contribution < -0.4 is 16.1 Å². The summed E-state index contributed by atoms with van der Waals surface area (Å²) in [6.07, 6.45) is 0. The smallest absolute Gasteiger partial charge is 0.329 e. The van der Waals surface area contributed by atoms with Crippen LogP contribution in [0, 0.1) is 19.7 Å². The summed E-state index contributed by atoms with van der Waals surface area (Å²) in [5.74, 6) is 0.0452. The van der Waals surface area contributed by atoms with Gasteiger partial charge >= 0.3 is 5.69 Å². The predicted octanol–water partition coefficient (Wildman–Crippen LogP) is 2.19. The van der Waals surface area contributed by atoms with Gasteiger partial charge in [-0.3, -0.25) is 23.7 Å². The van der Waals surface area contributed by atoms with E-state index >= 15 is 0 Å². The number of nitrogens with zero attached hydrogens (tertiary/aromatic N) is 5.